The predicted octanol–water partition coefficient (Wildman–Crippen LogP) is 5.61. The van der Waals surface area contributed by atoms with Crippen molar-refractivity contribution in [2.24, 2.45) is 0 Å². The van der Waals surface area contributed by atoms with Crippen molar-refractivity contribution in [3.05, 3.63) is 108 Å². The largest absolute Gasteiger partial charge is 0.341 e. The van der Waals surface area contributed by atoms with E-state index in [0.29, 0.717) is 5.92 Å². The number of hydrogen-bond donors (Lipinski definition) is 0. The van der Waals surface area contributed by atoms with Crippen LogP contribution < -0.4 is 0 Å². The van der Waals surface area contributed by atoms with Gasteiger partial charge in [0.2, 0.25) is 5.91 Å². The Morgan fingerprint density at radius 1 is 0.750 bits per heavy atom. The van der Waals surface area contributed by atoms with Gasteiger partial charge in [0.15, 0.2) is 0 Å². The maximum Gasteiger partial charge on any atom is 0.234 e. The topological polar surface area (TPSA) is 20.3 Å². The molecule has 1 heterocycles. The molecule has 3 aromatic rings. The summed E-state index contributed by atoms with van der Waals surface area (Å²) in [5.41, 5.74) is 3.48. The molecule has 0 N–H and O–H groups in total. The molecule has 1 saturated heterocycles. The Balaban J connectivity index is 1.64. The van der Waals surface area contributed by atoms with Gasteiger partial charge in [-0.25, -0.2) is 0 Å². The lowest BCUT2D eigenvalue weighted by atomic mass is 9.89. The van der Waals surface area contributed by atoms with Crippen molar-refractivity contribution in [2.45, 2.75) is 31.1 Å². The number of hydrogen-bond acceptors (Lipinski definition) is 1. The lowest BCUT2D eigenvalue weighted by Gasteiger charge is -2.29. The van der Waals surface area contributed by atoms with Gasteiger partial charge in [-0.05, 0) is 29.5 Å². The molecule has 2 nitrogen and oxygen atoms in total. The fourth-order valence-electron chi connectivity index (χ4n) is 4.29. The first-order chi connectivity index (χ1) is 13.8. The van der Waals surface area contributed by atoms with Crippen molar-refractivity contribution in [1.29, 1.82) is 0 Å². The quantitative estimate of drug-likeness (QED) is 0.585. The molecule has 3 aromatic carbocycles. The fraction of sp³-hybridized carbons (Fsp3) is 0.269. The highest BCUT2D eigenvalue weighted by atomic mass is 16.2. The molecule has 0 saturated carbocycles. The van der Waals surface area contributed by atoms with Crippen LogP contribution >= 0.6 is 0 Å². The molecular weight excluding hydrogens is 342 g/mol. The highest BCUT2D eigenvalue weighted by Gasteiger charge is 2.30. The minimum atomic E-state index is -0.239. The van der Waals surface area contributed by atoms with Gasteiger partial charge in [0, 0.05) is 19.0 Å². The highest BCUT2D eigenvalue weighted by Crippen LogP contribution is 2.31. The molecular formula is C26H27NO. The van der Waals surface area contributed by atoms with Gasteiger partial charge in [0.05, 0.1) is 5.92 Å². The van der Waals surface area contributed by atoms with E-state index in [0.717, 1.165) is 37.1 Å². The zero-order valence-corrected chi connectivity index (χ0v) is 16.2. The first-order valence-electron chi connectivity index (χ1n) is 10.3. The lowest BCUT2D eigenvalue weighted by molar-refractivity contribution is -0.132. The summed E-state index contributed by atoms with van der Waals surface area (Å²) in [5, 5.41) is 0. The first kappa shape index (κ1) is 18.5. The molecule has 1 unspecified atom stereocenters. The lowest BCUT2D eigenvalue weighted by Crippen LogP contribution is -2.38. The Bertz CT molecular complexity index is 837. The molecule has 0 aromatic heterocycles. The number of carbonyl (C=O) groups is 1. The average Bonchev–Trinajstić information content (AvgIpc) is 3.03. The van der Waals surface area contributed by atoms with Crippen LogP contribution in [-0.2, 0) is 4.79 Å². The summed E-state index contributed by atoms with van der Waals surface area (Å²) >= 11 is 0. The molecule has 0 aliphatic carbocycles. The van der Waals surface area contributed by atoms with Crippen molar-refractivity contribution in [3.8, 4) is 0 Å². The van der Waals surface area contributed by atoms with Crippen molar-refractivity contribution < 1.29 is 4.79 Å². The summed E-state index contributed by atoms with van der Waals surface area (Å²) in [4.78, 5) is 15.9. The Morgan fingerprint density at radius 2 is 1.29 bits per heavy atom. The monoisotopic (exact) mass is 369 g/mol. The number of likely N-dealkylation sites (tertiary alicyclic amines) is 1. The van der Waals surface area contributed by atoms with Gasteiger partial charge in [-0.2, -0.15) is 0 Å². The summed E-state index contributed by atoms with van der Waals surface area (Å²) in [6, 6.07) is 31.0. The van der Waals surface area contributed by atoms with Gasteiger partial charge in [-0.15, -0.1) is 0 Å². The van der Waals surface area contributed by atoms with Crippen molar-refractivity contribution in [3.63, 3.8) is 0 Å². The van der Waals surface area contributed by atoms with Crippen LogP contribution in [0.2, 0.25) is 0 Å². The van der Waals surface area contributed by atoms with Crippen molar-refractivity contribution >= 4 is 5.91 Å². The number of rotatable bonds is 4. The zero-order chi connectivity index (χ0) is 19.2. The molecule has 142 valence electrons. The van der Waals surface area contributed by atoms with Gasteiger partial charge in [0.1, 0.15) is 0 Å². The van der Waals surface area contributed by atoms with E-state index in [1.54, 1.807) is 0 Å². The molecule has 1 fully saturated rings. The van der Waals surface area contributed by atoms with Crippen LogP contribution in [0.5, 0.6) is 0 Å². The summed E-state index contributed by atoms with van der Waals surface area (Å²) in [6.07, 6.45) is 3.39. The molecule has 1 aliphatic rings. The smallest absolute Gasteiger partial charge is 0.234 e. The average molecular weight is 370 g/mol. The van der Waals surface area contributed by atoms with E-state index >= 15 is 0 Å². The third-order valence-corrected chi connectivity index (χ3v) is 5.77. The summed E-state index contributed by atoms with van der Waals surface area (Å²) in [6.45, 7) is 1.65. The van der Waals surface area contributed by atoms with Crippen LogP contribution in [0.25, 0.3) is 0 Å². The van der Waals surface area contributed by atoms with Crippen LogP contribution in [-0.4, -0.2) is 23.9 Å². The molecule has 0 bridgehead atoms. The van der Waals surface area contributed by atoms with Gasteiger partial charge >= 0.3 is 0 Å². The van der Waals surface area contributed by atoms with Gasteiger partial charge < -0.3 is 4.90 Å². The molecule has 4 rings (SSSR count). The van der Waals surface area contributed by atoms with Crippen molar-refractivity contribution in [2.75, 3.05) is 13.1 Å². The standard InChI is InChI=1S/C26H27NO/c28-26(25(22-14-6-2-7-15-22)23-16-8-3-9-17-23)27-19-11-10-18-24(20-27)21-12-4-1-5-13-21/h1-9,12-17,24-25H,10-11,18-20H2. The molecule has 0 radical (unpaired) electrons. The molecule has 0 spiro atoms. The molecule has 1 amide bonds. The number of benzene rings is 3. The van der Waals surface area contributed by atoms with E-state index in [2.05, 4.69) is 59.5 Å². The van der Waals surface area contributed by atoms with Gasteiger partial charge in [-0.3, -0.25) is 4.79 Å². The van der Waals surface area contributed by atoms with E-state index in [4.69, 9.17) is 0 Å². The van der Waals surface area contributed by atoms with Crippen LogP contribution in [0, 0.1) is 0 Å². The highest BCUT2D eigenvalue weighted by molar-refractivity contribution is 5.87. The SMILES string of the molecule is O=C(C(c1ccccc1)c1ccccc1)N1CCCCC(c2ccccc2)C1. The second-order valence-corrected chi connectivity index (χ2v) is 7.64. The summed E-state index contributed by atoms with van der Waals surface area (Å²) < 4.78 is 0. The fourth-order valence-corrected chi connectivity index (χ4v) is 4.29. The molecule has 1 aliphatic heterocycles. The van der Waals surface area contributed by atoms with Crippen LogP contribution in [0.1, 0.15) is 47.8 Å². The number of carbonyl (C=O) groups excluding carboxylic acids is 1. The minimum Gasteiger partial charge on any atom is -0.341 e. The Hall–Kier alpha value is -2.87. The predicted molar refractivity (Wildman–Crippen MR) is 114 cm³/mol. The van der Waals surface area contributed by atoms with E-state index in [-0.39, 0.29) is 11.8 Å². The maximum absolute atomic E-state index is 13.8. The third kappa shape index (κ3) is 4.17. The minimum absolute atomic E-state index is 0.222. The Labute approximate surface area is 167 Å². The summed E-state index contributed by atoms with van der Waals surface area (Å²) in [5.74, 6) is 0.400. The van der Waals surface area contributed by atoms with Gasteiger partial charge in [-0.1, -0.05) is 97.4 Å². The second kappa shape index (κ2) is 8.88. The van der Waals surface area contributed by atoms with Crippen molar-refractivity contribution in [1.82, 2.24) is 4.90 Å². The first-order valence-corrected chi connectivity index (χ1v) is 10.3. The van der Waals surface area contributed by atoms with E-state index in [1.807, 2.05) is 36.4 Å². The normalized spacial score (nSPS) is 17.3. The number of amides is 1. The maximum atomic E-state index is 13.8. The van der Waals surface area contributed by atoms with E-state index in [9.17, 15) is 4.79 Å². The Kier molecular flexibility index (Phi) is 5.86. The molecule has 2 heteroatoms. The van der Waals surface area contributed by atoms with Crippen LogP contribution in [0.15, 0.2) is 91.0 Å². The van der Waals surface area contributed by atoms with E-state index in [1.165, 1.54) is 12.0 Å². The second-order valence-electron chi connectivity index (χ2n) is 7.64. The van der Waals surface area contributed by atoms with Crippen LogP contribution in [0.3, 0.4) is 0 Å². The van der Waals surface area contributed by atoms with Crippen LogP contribution in [0.4, 0.5) is 0 Å². The molecule has 28 heavy (non-hydrogen) atoms. The molecule has 1 atom stereocenters. The number of nitrogens with zero attached hydrogens (tertiary/aromatic N) is 1. The summed E-state index contributed by atoms with van der Waals surface area (Å²) in [7, 11) is 0. The Morgan fingerprint density at radius 3 is 1.86 bits per heavy atom. The third-order valence-electron chi connectivity index (χ3n) is 5.77. The van der Waals surface area contributed by atoms with E-state index < -0.39 is 0 Å². The van der Waals surface area contributed by atoms with Gasteiger partial charge in [0.25, 0.3) is 0 Å². The zero-order valence-electron chi connectivity index (χ0n) is 16.2.